The quantitative estimate of drug-likeness (QED) is 0.737. The number of hydrogen-bond acceptors (Lipinski definition) is 4. The van der Waals surface area contributed by atoms with Gasteiger partial charge in [0, 0.05) is 31.1 Å². The summed E-state index contributed by atoms with van der Waals surface area (Å²) >= 11 is 6.05. The summed E-state index contributed by atoms with van der Waals surface area (Å²) in [6, 6.07) is 10.8. The van der Waals surface area contributed by atoms with Crippen LogP contribution in [0.5, 0.6) is 11.5 Å². The summed E-state index contributed by atoms with van der Waals surface area (Å²) in [7, 11) is 1.36. The zero-order valence-electron chi connectivity index (χ0n) is 14.6. The van der Waals surface area contributed by atoms with Crippen molar-refractivity contribution >= 4 is 23.2 Å². The molecule has 2 aromatic carbocycles. The van der Waals surface area contributed by atoms with E-state index in [2.05, 4.69) is 15.4 Å². The largest absolute Gasteiger partial charge is 0.493 e. The maximum absolute atomic E-state index is 12.5. The second-order valence-electron chi connectivity index (χ2n) is 6.15. The van der Waals surface area contributed by atoms with Gasteiger partial charge in [-0.15, -0.1) is 0 Å². The second kappa shape index (κ2) is 8.54. The number of carbonyl (C=O) groups is 1. The lowest BCUT2D eigenvalue weighted by molar-refractivity contribution is -0.116. The van der Waals surface area contributed by atoms with Crippen LogP contribution in [0.25, 0.3) is 0 Å². The average Bonchev–Trinajstić information content (AvgIpc) is 2.63. The van der Waals surface area contributed by atoms with Crippen LogP contribution >= 0.6 is 11.6 Å². The first-order chi connectivity index (χ1) is 13.0. The molecule has 1 unspecified atom stereocenters. The van der Waals surface area contributed by atoms with Crippen molar-refractivity contribution in [2.24, 2.45) is 0 Å². The predicted octanol–water partition coefficient (Wildman–Crippen LogP) is 4.17. The molecule has 0 fully saturated rings. The Labute approximate surface area is 160 Å². The van der Waals surface area contributed by atoms with Crippen LogP contribution in [0.1, 0.15) is 23.5 Å². The Kier molecular flexibility index (Phi) is 6.13. The number of ether oxygens (including phenoxy) is 2. The van der Waals surface area contributed by atoms with Crippen molar-refractivity contribution in [2.75, 3.05) is 19.0 Å². The van der Waals surface area contributed by atoms with Gasteiger partial charge in [-0.25, -0.2) is 0 Å². The fourth-order valence-corrected chi connectivity index (χ4v) is 3.43. The smallest absolute Gasteiger partial charge is 0.387 e. The molecule has 0 aromatic heterocycles. The number of alkyl halides is 2. The number of methoxy groups -OCH3 is 1. The van der Waals surface area contributed by atoms with E-state index in [4.69, 9.17) is 16.3 Å². The number of anilines is 1. The van der Waals surface area contributed by atoms with Gasteiger partial charge in [-0.2, -0.15) is 8.78 Å². The van der Waals surface area contributed by atoms with Crippen molar-refractivity contribution in [1.82, 2.24) is 5.32 Å². The summed E-state index contributed by atoms with van der Waals surface area (Å²) in [6.07, 6.45) is 0.398. The Morgan fingerprint density at radius 3 is 2.85 bits per heavy atom. The molecule has 1 heterocycles. The van der Waals surface area contributed by atoms with Gasteiger partial charge in [-0.1, -0.05) is 29.8 Å². The first-order valence-corrected chi connectivity index (χ1v) is 8.76. The van der Waals surface area contributed by atoms with Crippen LogP contribution in [0.2, 0.25) is 5.02 Å². The normalized spacial score (nSPS) is 16.0. The molecule has 0 bridgehead atoms. The molecule has 1 atom stereocenters. The summed E-state index contributed by atoms with van der Waals surface area (Å²) in [4.78, 5) is 11.9. The maximum Gasteiger partial charge on any atom is 0.387 e. The molecule has 0 saturated heterocycles. The Hall–Kier alpha value is -2.38. The summed E-state index contributed by atoms with van der Waals surface area (Å²) in [5.74, 6) is -0.00902. The average molecular weight is 397 g/mol. The van der Waals surface area contributed by atoms with Gasteiger partial charge in [0.2, 0.25) is 5.91 Å². The minimum atomic E-state index is -2.99. The Balaban J connectivity index is 1.67. The summed E-state index contributed by atoms with van der Waals surface area (Å²) in [6.45, 7) is -1.97. The van der Waals surface area contributed by atoms with Gasteiger partial charge in [0.25, 0.3) is 0 Å². The third kappa shape index (κ3) is 4.67. The number of nitrogens with one attached hydrogen (secondary N) is 2. The second-order valence-corrected chi connectivity index (χ2v) is 6.56. The molecule has 8 heteroatoms. The molecule has 1 amide bonds. The lowest BCUT2D eigenvalue weighted by Crippen LogP contribution is -2.29. The number of para-hydroxylation sites is 1. The molecule has 1 aliphatic heterocycles. The highest BCUT2D eigenvalue weighted by Gasteiger charge is 2.24. The van der Waals surface area contributed by atoms with E-state index in [0.717, 1.165) is 16.8 Å². The molecular weight excluding hydrogens is 378 g/mol. The van der Waals surface area contributed by atoms with Crippen LogP contribution in [0, 0.1) is 0 Å². The van der Waals surface area contributed by atoms with Gasteiger partial charge in [0.15, 0.2) is 11.5 Å². The van der Waals surface area contributed by atoms with Crippen LogP contribution < -0.4 is 20.1 Å². The number of amides is 1. The molecule has 2 N–H and O–H groups in total. The zero-order chi connectivity index (χ0) is 19.4. The monoisotopic (exact) mass is 396 g/mol. The summed E-state index contributed by atoms with van der Waals surface area (Å²) in [5, 5.41) is 6.20. The van der Waals surface area contributed by atoms with E-state index in [0.29, 0.717) is 19.5 Å². The van der Waals surface area contributed by atoms with Crippen LogP contribution in [-0.4, -0.2) is 26.2 Å². The molecule has 0 saturated carbocycles. The lowest BCUT2D eigenvalue weighted by Gasteiger charge is -2.25. The van der Waals surface area contributed by atoms with Gasteiger partial charge < -0.3 is 20.1 Å². The third-order valence-corrected chi connectivity index (χ3v) is 4.60. The number of fused-ring (bicyclic) bond motifs is 1. The minimum absolute atomic E-state index is 0.0151. The van der Waals surface area contributed by atoms with Gasteiger partial charge in [0.1, 0.15) is 0 Å². The minimum Gasteiger partial charge on any atom is -0.493 e. The highest BCUT2D eigenvalue weighted by Crippen LogP contribution is 2.37. The molecule has 1 aliphatic rings. The predicted molar refractivity (Wildman–Crippen MR) is 98.8 cm³/mol. The fourth-order valence-electron chi connectivity index (χ4n) is 3.15. The van der Waals surface area contributed by atoms with Crippen molar-refractivity contribution in [1.29, 1.82) is 0 Å². The Morgan fingerprint density at radius 1 is 1.33 bits per heavy atom. The number of hydrogen-bond donors (Lipinski definition) is 2. The van der Waals surface area contributed by atoms with E-state index in [1.165, 1.54) is 7.11 Å². The van der Waals surface area contributed by atoms with Crippen LogP contribution in [0.4, 0.5) is 14.5 Å². The number of rotatable bonds is 7. The third-order valence-electron chi connectivity index (χ3n) is 4.32. The lowest BCUT2D eigenvalue weighted by atomic mass is 9.90. The van der Waals surface area contributed by atoms with Crippen LogP contribution in [-0.2, 0) is 11.3 Å². The molecule has 144 valence electrons. The zero-order valence-corrected chi connectivity index (χ0v) is 15.4. The molecule has 27 heavy (non-hydrogen) atoms. The SMILES string of the molecule is COc1cc(CNCC2CC(=O)Nc3ccccc32)cc(Cl)c1OC(F)F. The first-order valence-electron chi connectivity index (χ1n) is 8.38. The van der Waals surface area contributed by atoms with E-state index < -0.39 is 6.61 Å². The van der Waals surface area contributed by atoms with E-state index in [-0.39, 0.29) is 28.3 Å². The fraction of sp³-hybridized carbons (Fsp3) is 0.316. The van der Waals surface area contributed by atoms with Crippen LogP contribution in [0.15, 0.2) is 36.4 Å². The highest BCUT2D eigenvalue weighted by atomic mass is 35.5. The molecule has 2 aromatic rings. The van der Waals surface area contributed by atoms with Crippen molar-refractivity contribution in [3.05, 3.63) is 52.5 Å². The topological polar surface area (TPSA) is 59.6 Å². The molecule has 0 aliphatic carbocycles. The molecular formula is C19H19ClF2N2O3. The maximum atomic E-state index is 12.5. The standard InChI is InChI=1S/C19H19ClF2N2O3/c1-26-16-7-11(6-14(20)18(16)27-19(21)22)9-23-10-12-8-17(25)24-15-5-3-2-4-13(12)15/h2-7,12,19,23H,8-10H2,1H3,(H,24,25). The Morgan fingerprint density at radius 2 is 2.11 bits per heavy atom. The van der Waals surface area contributed by atoms with Crippen molar-refractivity contribution < 1.29 is 23.0 Å². The highest BCUT2D eigenvalue weighted by molar-refractivity contribution is 6.32. The summed E-state index contributed by atoms with van der Waals surface area (Å²) < 4.78 is 34.5. The number of carbonyl (C=O) groups excluding carboxylic acids is 1. The molecule has 0 spiro atoms. The van der Waals surface area contributed by atoms with Crippen LogP contribution in [0.3, 0.4) is 0 Å². The van der Waals surface area contributed by atoms with E-state index in [1.54, 1.807) is 12.1 Å². The van der Waals surface area contributed by atoms with Gasteiger partial charge in [-0.05, 0) is 29.3 Å². The number of benzene rings is 2. The Bertz CT molecular complexity index is 833. The van der Waals surface area contributed by atoms with E-state index >= 15 is 0 Å². The van der Waals surface area contributed by atoms with Gasteiger partial charge >= 0.3 is 6.61 Å². The van der Waals surface area contributed by atoms with Crippen molar-refractivity contribution in [3.63, 3.8) is 0 Å². The van der Waals surface area contributed by atoms with Gasteiger partial charge in [-0.3, -0.25) is 4.79 Å². The van der Waals surface area contributed by atoms with E-state index in [1.807, 2.05) is 24.3 Å². The number of halogens is 3. The van der Waals surface area contributed by atoms with Crippen molar-refractivity contribution in [2.45, 2.75) is 25.5 Å². The molecule has 5 nitrogen and oxygen atoms in total. The summed E-state index contributed by atoms with van der Waals surface area (Å²) in [5.41, 5.74) is 2.67. The molecule has 0 radical (unpaired) electrons. The van der Waals surface area contributed by atoms with Crippen molar-refractivity contribution in [3.8, 4) is 11.5 Å². The first kappa shape index (κ1) is 19.4. The van der Waals surface area contributed by atoms with E-state index in [9.17, 15) is 13.6 Å². The van der Waals surface area contributed by atoms with Gasteiger partial charge in [0.05, 0.1) is 12.1 Å². The molecule has 3 rings (SSSR count).